The molecule has 0 aliphatic carbocycles. The van der Waals surface area contributed by atoms with Crippen molar-refractivity contribution in [3.05, 3.63) is 59.8 Å². The molecule has 3 rings (SSSR count). The van der Waals surface area contributed by atoms with Crippen molar-refractivity contribution in [2.24, 2.45) is 0 Å². The first-order valence-corrected chi connectivity index (χ1v) is 10.4. The molecule has 0 spiro atoms. The van der Waals surface area contributed by atoms with E-state index in [4.69, 9.17) is 4.74 Å². The van der Waals surface area contributed by atoms with E-state index in [0.717, 1.165) is 37.8 Å². The fourth-order valence-corrected chi connectivity index (χ4v) is 3.41. The Kier molecular flexibility index (Phi) is 7.61. The van der Waals surface area contributed by atoms with E-state index in [0.29, 0.717) is 31.0 Å². The van der Waals surface area contributed by atoms with Gasteiger partial charge in [-0.2, -0.15) is 0 Å². The van der Waals surface area contributed by atoms with Crippen LogP contribution in [0.15, 0.2) is 48.7 Å². The highest BCUT2D eigenvalue weighted by atomic mass is 16.5. The molecular formula is C23H29N3O3. The number of amides is 2. The van der Waals surface area contributed by atoms with Crippen LogP contribution in [0.5, 0.6) is 5.88 Å². The summed E-state index contributed by atoms with van der Waals surface area (Å²) in [4.78, 5) is 30.4. The molecule has 0 unspecified atom stereocenters. The van der Waals surface area contributed by atoms with E-state index in [1.54, 1.807) is 12.1 Å². The minimum Gasteiger partial charge on any atom is -0.470 e. The number of nitrogens with one attached hydrogen (secondary N) is 1. The third-order valence-electron chi connectivity index (χ3n) is 5.13. The Labute approximate surface area is 172 Å². The number of benzene rings is 1. The van der Waals surface area contributed by atoms with Gasteiger partial charge in [0.25, 0.3) is 5.91 Å². The zero-order valence-electron chi connectivity index (χ0n) is 17.0. The van der Waals surface area contributed by atoms with E-state index >= 15 is 0 Å². The van der Waals surface area contributed by atoms with Crippen LogP contribution in [0.25, 0.3) is 0 Å². The maximum absolute atomic E-state index is 12.3. The third-order valence-corrected chi connectivity index (χ3v) is 5.13. The Morgan fingerprint density at radius 1 is 1.17 bits per heavy atom. The van der Waals surface area contributed by atoms with Crippen LogP contribution in [0.1, 0.15) is 61.1 Å². The van der Waals surface area contributed by atoms with Crippen LogP contribution in [0, 0.1) is 0 Å². The number of pyridine rings is 1. The van der Waals surface area contributed by atoms with E-state index < -0.39 is 0 Å². The minimum absolute atomic E-state index is 0.120. The molecule has 154 valence electrons. The monoisotopic (exact) mass is 395 g/mol. The predicted molar refractivity (Wildman–Crippen MR) is 112 cm³/mol. The molecule has 2 aromatic rings. The minimum atomic E-state index is -0.164. The van der Waals surface area contributed by atoms with Gasteiger partial charge in [-0.3, -0.25) is 9.59 Å². The average Bonchev–Trinajstić information content (AvgIpc) is 2.96. The molecule has 1 aliphatic heterocycles. The van der Waals surface area contributed by atoms with Gasteiger partial charge < -0.3 is 15.0 Å². The van der Waals surface area contributed by atoms with Crippen LogP contribution in [0.2, 0.25) is 0 Å². The van der Waals surface area contributed by atoms with E-state index in [1.165, 1.54) is 6.20 Å². The highest BCUT2D eigenvalue weighted by molar-refractivity contribution is 5.93. The number of ether oxygens (including phenoxy) is 1. The Hall–Kier alpha value is -2.89. The van der Waals surface area contributed by atoms with Gasteiger partial charge in [0.1, 0.15) is 6.10 Å². The molecule has 0 radical (unpaired) electrons. The Balaban J connectivity index is 1.42. The van der Waals surface area contributed by atoms with Crippen LogP contribution < -0.4 is 10.1 Å². The normalized spacial score (nSPS) is 15.5. The Morgan fingerprint density at radius 3 is 2.76 bits per heavy atom. The van der Waals surface area contributed by atoms with Gasteiger partial charge >= 0.3 is 0 Å². The van der Waals surface area contributed by atoms with Crippen molar-refractivity contribution in [3.63, 3.8) is 0 Å². The lowest BCUT2D eigenvalue weighted by Crippen LogP contribution is -2.34. The number of hydrogen-bond donors (Lipinski definition) is 1. The lowest BCUT2D eigenvalue weighted by Gasteiger charge is -2.20. The standard InChI is InChI=1S/C23H29N3O3/c1-18(19-9-4-2-5-10-19)29-21-13-12-20(17-25-21)23(28)24-14-8-16-26-15-7-3-6-11-22(26)27/h2,4-5,9-10,12-13,17-18H,3,6-8,11,14-16H2,1H3,(H,24,28)/t18-/m0/s1. The molecule has 1 aromatic heterocycles. The van der Waals surface area contributed by atoms with Gasteiger partial charge in [-0.1, -0.05) is 36.8 Å². The predicted octanol–water partition coefficient (Wildman–Crippen LogP) is 3.74. The fraction of sp³-hybridized carbons (Fsp3) is 0.435. The summed E-state index contributed by atoms with van der Waals surface area (Å²) in [5.41, 5.74) is 1.56. The number of likely N-dealkylation sites (tertiary alicyclic amines) is 1. The number of aromatic nitrogens is 1. The summed E-state index contributed by atoms with van der Waals surface area (Å²) in [6.45, 7) is 4.03. The van der Waals surface area contributed by atoms with Crippen molar-refractivity contribution in [2.45, 2.75) is 45.1 Å². The maximum Gasteiger partial charge on any atom is 0.252 e. The van der Waals surface area contributed by atoms with Crippen molar-refractivity contribution in [1.29, 1.82) is 0 Å². The number of rotatable bonds is 8. The molecule has 2 amide bonds. The van der Waals surface area contributed by atoms with Gasteiger partial charge in [-0.15, -0.1) is 0 Å². The largest absolute Gasteiger partial charge is 0.470 e. The summed E-state index contributed by atoms with van der Waals surface area (Å²) in [5, 5.41) is 2.90. The molecule has 1 N–H and O–H groups in total. The highest BCUT2D eigenvalue weighted by Gasteiger charge is 2.16. The molecule has 0 bridgehead atoms. The van der Waals surface area contributed by atoms with Crippen LogP contribution in [-0.4, -0.2) is 41.3 Å². The Morgan fingerprint density at radius 2 is 2.00 bits per heavy atom. The quantitative estimate of drug-likeness (QED) is 0.691. The van der Waals surface area contributed by atoms with Gasteiger partial charge in [-0.05, 0) is 37.8 Å². The van der Waals surface area contributed by atoms with Crippen LogP contribution in [0.3, 0.4) is 0 Å². The second-order valence-corrected chi connectivity index (χ2v) is 7.36. The number of hydrogen-bond acceptors (Lipinski definition) is 4. The molecule has 1 aromatic carbocycles. The fourth-order valence-electron chi connectivity index (χ4n) is 3.41. The summed E-state index contributed by atoms with van der Waals surface area (Å²) in [6, 6.07) is 13.3. The van der Waals surface area contributed by atoms with E-state index in [-0.39, 0.29) is 17.9 Å². The van der Waals surface area contributed by atoms with Crippen molar-refractivity contribution in [2.75, 3.05) is 19.6 Å². The number of carbonyl (C=O) groups excluding carboxylic acids is 2. The summed E-state index contributed by atoms with van der Waals surface area (Å²) in [7, 11) is 0. The van der Waals surface area contributed by atoms with Gasteiger partial charge in [0.15, 0.2) is 0 Å². The smallest absolute Gasteiger partial charge is 0.252 e. The summed E-state index contributed by atoms with van der Waals surface area (Å²) >= 11 is 0. The second kappa shape index (κ2) is 10.6. The van der Waals surface area contributed by atoms with Crippen LogP contribution >= 0.6 is 0 Å². The van der Waals surface area contributed by atoms with Crippen LogP contribution in [0.4, 0.5) is 0 Å². The zero-order valence-corrected chi connectivity index (χ0v) is 17.0. The maximum atomic E-state index is 12.3. The van der Waals surface area contributed by atoms with E-state index in [9.17, 15) is 9.59 Å². The van der Waals surface area contributed by atoms with Crippen molar-refractivity contribution in [3.8, 4) is 5.88 Å². The lowest BCUT2D eigenvalue weighted by atomic mass is 10.1. The van der Waals surface area contributed by atoms with Crippen molar-refractivity contribution < 1.29 is 14.3 Å². The van der Waals surface area contributed by atoms with Gasteiger partial charge in [0.2, 0.25) is 11.8 Å². The molecule has 1 aliphatic rings. The molecule has 1 fully saturated rings. The molecule has 6 nitrogen and oxygen atoms in total. The third kappa shape index (κ3) is 6.31. The van der Waals surface area contributed by atoms with Crippen molar-refractivity contribution >= 4 is 11.8 Å². The average molecular weight is 396 g/mol. The molecule has 1 atom stereocenters. The first-order chi connectivity index (χ1) is 14.1. The first kappa shape index (κ1) is 20.8. The topological polar surface area (TPSA) is 71.5 Å². The second-order valence-electron chi connectivity index (χ2n) is 7.36. The summed E-state index contributed by atoms with van der Waals surface area (Å²) < 4.78 is 5.84. The molecule has 29 heavy (non-hydrogen) atoms. The van der Waals surface area contributed by atoms with Crippen molar-refractivity contribution in [1.82, 2.24) is 15.2 Å². The number of nitrogens with zero attached hydrogens (tertiary/aromatic N) is 2. The summed E-state index contributed by atoms with van der Waals surface area (Å²) in [5.74, 6) is 0.554. The SMILES string of the molecule is C[C@H](Oc1ccc(C(=O)NCCCN2CCCCCC2=O)cn1)c1ccccc1. The molecule has 6 heteroatoms. The molecule has 0 saturated carbocycles. The first-order valence-electron chi connectivity index (χ1n) is 10.4. The van der Waals surface area contributed by atoms with E-state index in [1.807, 2.05) is 42.2 Å². The van der Waals surface area contributed by atoms with Gasteiger partial charge in [0, 0.05) is 38.3 Å². The van der Waals surface area contributed by atoms with Gasteiger partial charge in [-0.25, -0.2) is 4.98 Å². The molecule has 1 saturated heterocycles. The van der Waals surface area contributed by atoms with E-state index in [2.05, 4.69) is 10.3 Å². The van der Waals surface area contributed by atoms with Crippen LogP contribution in [-0.2, 0) is 4.79 Å². The van der Waals surface area contributed by atoms with Gasteiger partial charge in [0.05, 0.1) is 5.56 Å². The number of carbonyl (C=O) groups is 2. The lowest BCUT2D eigenvalue weighted by molar-refractivity contribution is -0.130. The molecule has 2 heterocycles. The zero-order chi connectivity index (χ0) is 20.5. The highest BCUT2D eigenvalue weighted by Crippen LogP contribution is 2.19. The summed E-state index contributed by atoms with van der Waals surface area (Å²) in [6.07, 6.45) is 5.99. The molecular weight excluding hydrogens is 366 g/mol. The Bertz CT molecular complexity index is 793.